The molecular weight excluding hydrogens is 192 g/mol. The Morgan fingerprint density at radius 3 is 3.00 bits per heavy atom. The highest BCUT2D eigenvalue weighted by atomic mass is 32.2. The number of nitrogens with zero attached hydrogens (tertiary/aromatic N) is 2. The van der Waals surface area contributed by atoms with Crippen LogP contribution in [0.5, 0.6) is 0 Å². The molecule has 1 atom stereocenters. The van der Waals surface area contributed by atoms with Gasteiger partial charge in [-0.2, -0.15) is 0 Å². The third kappa shape index (κ3) is 0.910. The van der Waals surface area contributed by atoms with E-state index in [1.54, 1.807) is 0 Å². The first-order valence-corrected chi connectivity index (χ1v) is 5.83. The second-order valence-corrected chi connectivity index (χ2v) is 4.99. The minimum atomic E-state index is -0.317. The fourth-order valence-electron chi connectivity index (χ4n) is 1.95. The van der Waals surface area contributed by atoms with Gasteiger partial charge in [0.1, 0.15) is 0 Å². The van der Waals surface area contributed by atoms with Crippen molar-refractivity contribution in [3.63, 3.8) is 0 Å². The van der Waals surface area contributed by atoms with Gasteiger partial charge in [0.25, 0.3) is 0 Å². The van der Waals surface area contributed by atoms with Crippen LogP contribution < -0.4 is 4.16 Å². The summed E-state index contributed by atoms with van der Waals surface area (Å²) < 4.78 is 3.42. The summed E-state index contributed by atoms with van der Waals surface area (Å²) >= 11 is 0. The molecule has 0 amide bonds. The molecule has 14 heavy (non-hydrogen) atoms. The van der Waals surface area contributed by atoms with E-state index < -0.39 is 0 Å². The molecule has 0 fully saturated rings. The monoisotopic (exact) mass is 200 g/mol. The molecule has 3 heteroatoms. The van der Waals surface area contributed by atoms with Crippen molar-refractivity contribution in [2.75, 3.05) is 5.75 Å². The molecule has 0 saturated carbocycles. The van der Waals surface area contributed by atoms with Crippen molar-refractivity contribution in [3.05, 3.63) is 51.9 Å². The number of allylic oxidation sites excluding steroid dienone is 1. The van der Waals surface area contributed by atoms with E-state index in [-0.39, 0.29) is 10.7 Å². The maximum Gasteiger partial charge on any atom is 0.195 e. The summed E-state index contributed by atoms with van der Waals surface area (Å²) in [5.41, 5.74) is 12.6. The molecule has 0 bridgehead atoms. The van der Waals surface area contributed by atoms with Gasteiger partial charge in [-0.25, -0.2) is 0 Å². The molecule has 1 aromatic carbocycles. The first-order valence-electron chi connectivity index (χ1n) is 4.48. The second kappa shape index (κ2) is 2.77. The van der Waals surface area contributed by atoms with Gasteiger partial charge in [0.05, 0.1) is 10.7 Å². The van der Waals surface area contributed by atoms with Crippen LogP contribution in [-0.2, 0) is 10.7 Å². The Kier molecular flexibility index (Phi) is 1.57. The van der Waals surface area contributed by atoms with Crippen LogP contribution >= 0.6 is 0 Å². The molecule has 1 aliphatic heterocycles. The van der Waals surface area contributed by atoms with Crippen molar-refractivity contribution < 1.29 is 0 Å². The van der Waals surface area contributed by atoms with Crippen LogP contribution in [-0.4, -0.2) is 5.75 Å². The molecule has 1 aromatic rings. The smallest absolute Gasteiger partial charge is 0.195 e. The highest BCUT2D eigenvalue weighted by Crippen LogP contribution is 2.40. The van der Waals surface area contributed by atoms with Gasteiger partial charge in [-0.1, -0.05) is 30.3 Å². The van der Waals surface area contributed by atoms with Crippen LogP contribution in [0.15, 0.2) is 35.2 Å². The zero-order valence-corrected chi connectivity index (χ0v) is 8.29. The lowest BCUT2D eigenvalue weighted by molar-refractivity contribution is 1.61. The van der Waals surface area contributed by atoms with Crippen molar-refractivity contribution >= 4 is 22.3 Å². The van der Waals surface area contributed by atoms with Crippen LogP contribution in [0.25, 0.3) is 17.2 Å². The third-order valence-electron chi connectivity index (χ3n) is 2.60. The lowest BCUT2D eigenvalue weighted by atomic mass is 10.1. The van der Waals surface area contributed by atoms with Crippen LogP contribution in [0.3, 0.4) is 0 Å². The summed E-state index contributed by atoms with van der Waals surface area (Å²) in [6.07, 6.45) is 4.30. The maximum atomic E-state index is 8.86. The summed E-state index contributed by atoms with van der Waals surface area (Å²) in [5.74, 6) is 0.853. The van der Waals surface area contributed by atoms with Crippen LogP contribution in [0.1, 0.15) is 11.1 Å². The van der Waals surface area contributed by atoms with E-state index in [1.807, 2.05) is 12.1 Å². The summed E-state index contributed by atoms with van der Waals surface area (Å²) in [7, 11) is -0.317. The Bertz CT molecular complexity index is 534. The lowest BCUT2D eigenvalue weighted by Crippen LogP contribution is -1.90. The van der Waals surface area contributed by atoms with E-state index in [4.69, 9.17) is 5.53 Å². The molecule has 1 unspecified atom stereocenters. The quantitative estimate of drug-likeness (QED) is 0.455. The highest BCUT2D eigenvalue weighted by molar-refractivity contribution is 7.92. The zero-order valence-electron chi connectivity index (χ0n) is 7.47. The van der Waals surface area contributed by atoms with E-state index in [9.17, 15) is 0 Å². The first-order chi connectivity index (χ1) is 6.90. The number of hydrogen-bond acceptors (Lipinski definition) is 0. The van der Waals surface area contributed by atoms with Crippen molar-refractivity contribution in [2.24, 2.45) is 0 Å². The van der Waals surface area contributed by atoms with Gasteiger partial charge >= 0.3 is 0 Å². The van der Waals surface area contributed by atoms with E-state index in [2.05, 4.69) is 28.4 Å². The van der Waals surface area contributed by atoms with Gasteiger partial charge in [0, 0.05) is 0 Å². The normalized spacial score (nSPS) is 22.1. The molecule has 68 valence electrons. The van der Waals surface area contributed by atoms with Gasteiger partial charge in [0.15, 0.2) is 10.7 Å². The van der Waals surface area contributed by atoms with Crippen LogP contribution in [0, 0.1) is 0 Å². The number of rotatable bonds is 0. The van der Waals surface area contributed by atoms with Gasteiger partial charge in [-0.15, -0.1) is 4.16 Å². The minimum Gasteiger partial charge on any atom is -0.351 e. The fourth-order valence-corrected chi connectivity index (χ4v) is 3.32. The third-order valence-corrected chi connectivity index (χ3v) is 4.13. The summed E-state index contributed by atoms with van der Waals surface area (Å²) in [6.45, 7) is 0. The minimum absolute atomic E-state index is 0.317. The van der Waals surface area contributed by atoms with E-state index >= 15 is 0 Å². The van der Waals surface area contributed by atoms with E-state index in [0.29, 0.717) is 0 Å². The molecule has 0 aromatic heterocycles. The SMILES string of the molecule is [N-]=[N+]=S1CC=C2C1=Cc1ccccc12. The van der Waals surface area contributed by atoms with E-state index in [1.165, 1.54) is 21.6 Å². The molecule has 2 aliphatic rings. The Morgan fingerprint density at radius 1 is 1.29 bits per heavy atom. The molecule has 0 spiro atoms. The van der Waals surface area contributed by atoms with Crippen molar-refractivity contribution in [2.45, 2.75) is 0 Å². The first kappa shape index (κ1) is 7.92. The summed E-state index contributed by atoms with van der Waals surface area (Å²) in [5, 5.41) is 0. The molecular formula is C11H8N2S. The predicted molar refractivity (Wildman–Crippen MR) is 60.1 cm³/mol. The fraction of sp³-hybridized carbons (Fsp3) is 0.0909. The Hall–Kier alpha value is -1.44. The second-order valence-electron chi connectivity index (χ2n) is 3.33. The van der Waals surface area contributed by atoms with Crippen LogP contribution in [0.2, 0.25) is 0 Å². The molecule has 0 saturated heterocycles. The standard InChI is InChI=1S/C11H8N2S/c12-13-14-6-5-10-9-4-2-1-3-8(9)7-11(10)14/h1-5,7H,6H2. The van der Waals surface area contributed by atoms with Gasteiger partial charge < -0.3 is 5.53 Å². The summed E-state index contributed by atoms with van der Waals surface area (Å²) in [6, 6.07) is 8.30. The summed E-state index contributed by atoms with van der Waals surface area (Å²) in [4.78, 5) is 1.19. The Balaban J connectivity index is 2.27. The van der Waals surface area contributed by atoms with Gasteiger partial charge in [-0.05, 0) is 22.8 Å². The molecule has 2 nitrogen and oxygen atoms in total. The average molecular weight is 200 g/mol. The highest BCUT2D eigenvalue weighted by Gasteiger charge is 2.29. The Labute approximate surface area is 84.6 Å². The molecule has 0 N–H and O–H groups in total. The Morgan fingerprint density at radius 2 is 2.14 bits per heavy atom. The largest absolute Gasteiger partial charge is 0.351 e. The topological polar surface area (TPSA) is 36.4 Å². The van der Waals surface area contributed by atoms with Crippen molar-refractivity contribution in [1.82, 2.24) is 4.16 Å². The van der Waals surface area contributed by atoms with Crippen molar-refractivity contribution in [1.29, 1.82) is 0 Å². The van der Waals surface area contributed by atoms with Crippen molar-refractivity contribution in [3.8, 4) is 0 Å². The van der Waals surface area contributed by atoms with E-state index in [0.717, 1.165) is 5.75 Å². The number of benzene rings is 1. The van der Waals surface area contributed by atoms with Gasteiger partial charge in [0.2, 0.25) is 0 Å². The average Bonchev–Trinajstić information content (AvgIpc) is 2.75. The molecule has 3 rings (SSSR count). The zero-order chi connectivity index (χ0) is 9.54. The number of fused-ring (bicyclic) bond motifs is 3. The molecule has 1 heterocycles. The molecule has 0 radical (unpaired) electrons. The lowest BCUT2D eigenvalue weighted by Gasteiger charge is -1.97. The number of hydrogen-bond donors (Lipinski definition) is 0. The van der Waals surface area contributed by atoms with Gasteiger partial charge in [-0.3, -0.25) is 0 Å². The molecule has 1 aliphatic carbocycles. The predicted octanol–water partition coefficient (Wildman–Crippen LogP) is 2.33. The van der Waals surface area contributed by atoms with Crippen LogP contribution in [0.4, 0.5) is 0 Å². The maximum absolute atomic E-state index is 8.86.